The molecule has 6 heteroatoms. The predicted octanol–water partition coefficient (Wildman–Crippen LogP) is 2.39. The molecular weight excluding hydrogens is 324 g/mol. The molecule has 1 unspecified atom stereocenters. The first kappa shape index (κ1) is 16.7. The van der Waals surface area contributed by atoms with E-state index in [9.17, 15) is 9.59 Å². The minimum absolute atomic E-state index is 0.0462. The van der Waals surface area contributed by atoms with Crippen molar-refractivity contribution in [1.29, 1.82) is 0 Å². The van der Waals surface area contributed by atoms with Gasteiger partial charge in [-0.05, 0) is 46.5 Å². The Morgan fingerprint density at radius 2 is 2.00 bits per heavy atom. The molecular formula is C14H19BrN2O3. The normalized spacial score (nSPS) is 12.2. The second-order valence-corrected chi connectivity index (χ2v) is 5.83. The summed E-state index contributed by atoms with van der Waals surface area (Å²) in [6.07, 6.45) is 0. The van der Waals surface area contributed by atoms with Crippen molar-refractivity contribution < 1.29 is 14.7 Å². The molecule has 0 aliphatic rings. The molecule has 0 heterocycles. The lowest BCUT2D eigenvalue weighted by Crippen LogP contribution is -2.44. The van der Waals surface area contributed by atoms with E-state index in [1.807, 2.05) is 19.1 Å². The average molecular weight is 343 g/mol. The number of nitrogens with one attached hydrogen (secondary N) is 2. The lowest BCUT2D eigenvalue weighted by molar-refractivity contribution is -0.140. The fourth-order valence-electron chi connectivity index (χ4n) is 1.73. The first-order valence-electron chi connectivity index (χ1n) is 6.33. The van der Waals surface area contributed by atoms with Crippen molar-refractivity contribution in [3.8, 4) is 0 Å². The zero-order valence-electron chi connectivity index (χ0n) is 11.7. The number of amides is 1. The Morgan fingerprint density at radius 3 is 2.50 bits per heavy atom. The van der Waals surface area contributed by atoms with Crippen LogP contribution >= 0.6 is 15.9 Å². The molecule has 0 radical (unpaired) electrons. The van der Waals surface area contributed by atoms with Gasteiger partial charge in [-0.1, -0.05) is 19.9 Å². The van der Waals surface area contributed by atoms with Gasteiger partial charge in [0, 0.05) is 4.47 Å². The summed E-state index contributed by atoms with van der Waals surface area (Å²) in [4.78, 5) is 22.8. The molecule has 110 valence electrons. The molecule has 0 bridgehead atoms. The van der Waals surface area contributed by atoms with Crippen LogP contribution in [-0.4, -0.2) is 29.6 Å². The lowest BCUT2D eigenvalue weighted by Gasteiger charge is -2.17. The van der Waals surface area contributed by atoms with E-state index in [1.54, 1.807) is 19.9 Å². The van der Waals surface area contributed by atoms with Crippen LogP contribution in [0.15, 0.2) is 22.7 Å². The topological polar surface area (TPSA) is 78.4 Å². The van der Waals surface area contributed by atoms with Crippen molar-refractivity contribution in [3.05, 3.63) is 28.2 Å². The molecule has 1 amide bonds. The molecule has 0 aliphatic carbocycles. The van der Waals surface area contributed by atoms with E-state index in [0.29, 0.717) is 5.69 Å². The van der Waals surface area contributed by atoms with Gasteiger partial charge in [-0.25, -0.2) is 0 Å². The molecule has 0 spiro atoms. The highest BCUT2D eigenvalue weighted by Gasteiger charge is 2.21. The van der Waals surface area contributed by atoms with Crippen LogP contribution in [0.25, 0.3) is 0 Å². The smallest absolute Gasteiger partial charge is 0.320 e. The SMILES string of the molecule is Cc1ccc(NC(=O)CNC(C(=O)O)C(C)C)c(Br)c1. The highest BCUT2D eigenvalue weighted by atomic mass is 79.9. The molecule has 0 saturated heterocycles. The third-order valence-corrected chi connectivity index (χ3v) is 3.47. The first-order chi connectivity index (χ1) is 9.31. The number of halogens is 1. The number of carboxylic acids is 1. The van der Waals surface area contributed by atoms with Gasteiger partial charge in [0.2, 0.25) is 5.91 Å². The minimum Gasteiger partial charge on any atom is -0.480 e. The predicted molar refractivity (Wildman–Crippen MR) is 81.8 cm³/mol. The van der Waals surface area contributed by atoms with Crippen molar-refractivity contribution in [2.24, 2.45) is 5.92 Å². The van der Waals surface area contributed by atoms with Gasteiger partial charge in [0.25, 0.3) is 0 Å². The molecule has 1 aromatic carbocycles. The fraction of sp³-hybridized carbons (Fsp3) is 0.429. The van der Waals surface area contributed by atoms with E-state index in [0.717, 1.165) is 10.0 Å². The van der Waals surface area contributed by atoms with Gasteiger partial charge in [0.05, 0.1) is 12.2 Å². The third-order valence-electron chi connectivity index (χ3n) is 2.81. The number of benzene rings is 1. The number of carbonyl (C=O) groups is 2. The van der Waals surface area contributed by atoms with Gasteiger partial charge in [-0.3, -0.25) is 14.9 Å². The van der Waals surface area contributed by atoms with Crippen LogP contribution in [0.5, 0.6) is 0 Å². The maximum Gasteiger partial charge on any atom is 0.320 e. The summed E-state index contributed by atoms with van der Waals surface area (Å²) in [6, 6.07) is 4.86. The molecule has 0 aromatic heterocycles. The van der Waals surface area contributed by atoms with Gasteiger partial charge in [-0.2, -0.15) is 0 Å². The highest BCUT2D eigenvalue weighted by molar-refractivity contribution is 9.10. The van der Waals surface area contributed by atoms with Gasteiger partial charge in [-0.15, -0.1) is 0 Å². The van der Waals surface area contributed by atoms with E-state index in [-0.39, 0.29) is 18.4 Å². The summed E-state index contributed by atoms with van der Waals surface area (Å²) >= 11 is 3.37. The molecule has 0 fully saturated rings. The van der Waals surface area contributed by atoms with Crippen LogP contribution in [-0.2, 0) is 9.59 Å². The van der Waals surface area contributed by atoms with Crippen molar-refractivity contribution in [1.82, 2.24) is 5.32 Å². The standard InChI is InChI=1S/C14H19BrN2O3/c1-8(2)13(14(19)20)16-7-12(18)17-11-5-4-9(3)6-10(11)15/h4-6,8,13,16H,7H2,1-3H3,(H,17,18)(H,19,20). The second-order valence-electron chi connectivity index (χ2n) is 4.97. The van der Waals surface area contributed by atoms with Gasteiger partial charge in [0.15, 0.2) is 0 Å². The van der Waals surface area contributed by atoms with E-state index in [1.165, 1.54) is 0 Å². The zero-order chi connectivity index (χ0) is 15.3. The van der Waals surface area contributed by atoms with E-state index in [2.05, 4.69) is 26.6 Å². The Balaban J connectivity index is 2.57. The first-order valence-corrected chi connectivity index (χ1v) is 7.12. The number of hydrogen-bond donors (Lipinski definition) is 3. The number of carboxylic acid groups (broad SMARTS) is 1. The van der Waals surface area contributed by atoms with Crippen molar-refractivity contribution in [2.45, 2.75) is 26.8 Å². The summed E-state index contributed by atoms with van der Waals surface area (Å²) in [5.74, 6) is -1.32. The van der Waals surface area contributed by atoms with Crippen LogP contribution in [0.1, 0.15) is 19.4 Å². The van der Waals surface area contributed by atoms with Crippen LogP contribution in [0.3, 0.4) is 0 Å². The summed E-state index contributed by atoms with van der Waals surface area (Å²) < 4.78 is 0.796. The molecule has 3 N–H and O–H groups in total. The molecule has 1 aromatic rings. The molecule has 5 nitrogen and oxygen atoms in total. The zero-order valence-corrected chi connectivity index (χ0v) is 13.3. The summed E-state index contributed by atoms with van der Waals surface area (Å²) in [5.41, 5.74) is 1.75. The van der Waals surface area contributed by atoms with Crippen LogP contribution in [0, 0.1) is 12.8 Å². The number of anilines is 1. The number of carbonyl (C=O) groups excluding carboxylic acids is 1. The summed E-state index contributed by atoms with van der Waals surface area (Å²) in [6.45, 7) is 5.49. The average Bonchev–Trinajstić information content (AvgIpc) is 2.32. The summed E-state index contributed by atoms with van der Waals surface area (Å²) in [7, 11) is 0. The Hall–Kier alpha value is -1.40. The van der Waals surface area contributed by atoms with Gasteiger partial charge >= 0.3 is 5.97 Å². The van der Waals surface area contributed by atoms with Crippen molar-refractivity contribution in [3.63, 3.8) is 0 Å². The maximum atomic E-state index is 11.8. The van der Waals surface area contributed by atoms with Crippen LogP contribution in [0.4, 0.5) is 5.69 Å². The Labute approximate surface area is 126 Å². The number of aliphatic carboxylic acids is 1. The Bertz CT molecular complexity index is 503. The summed E-state index contributed by atoms with van der Waals surface area (Å²) in [5, 5.41) is 14.5. The lowest BCUT2D eigenvalue weighted by atomic mass is 10.1. The van der Waals surface area contributed by atoms with Crippen LogP contribution in [0.2, 0.25) is 0 Å². The van der Waals surface area contributed by atoms with Crippen molar-refractivity contribution >= 4 is 33.5 Å². The fourth-order valence-corrected chi connectivity index (χ4v) is 2.32. The van der Waals surface area contributed by atoms with Crippen molar-refractivity contribution in [2.75, 3.05) is 11.9 Å². The molecule has 1 atom stereocenters. The Kier molecular flexibility index (Phi) is 6.16. The Morgan fingerprint density at radius 1 is 1.35 bits per heavy atom. The number of rotatable bonds is 6. The van der Waals surface area contributed by atoms with Gasteiger partial charge in [0.1, 0.15) is 6.04 Å². The van der Waals surface area contributed by atoms with E-state index < -0.39 is 12.0 Å². The number of hydrogen-bond acceptors (Lipinski definition) is 3. The molecule has 0 aliphatic heterocycles. The minimum atomic E-state index is -0.954. The highest BCUT2D eigenvalue weighted by Crippen LogP contribution is 2.23. The number of aryl methyl sites for hydroxylation is 1. The molecule has 0 saturated carbocycles. The molecule has 20 heavy (non-hydrogen) atoms. The quantitative estimate of drug-likeness (QED) is 0.741. The third kappa shape index (κ3) is 4.94. The van der Waals surface area contributed by atoms with E-state index >= 15 is 0 Å². The van der Waals surface area contributed by atoms with E-state index in [4.69, 9.17) is 5.11 Å². The van der Waals surface area contributed by atoms with Crippen LogP contribution < -0.4 is 10.6 Å². The molecule has 1 rings (SSSR count). The second kappa shape index (κ2) is 7.40. The largest absolute Gasteiger partial charge is 0.480 e. The maximum absolute atomic E-state index is 11.8. The monoisotopic (exact) mass is 342 g/mol. The van der Waals surface area contributed by atoms with Gasteiger partial charge < -0.3 is 10.4 Å².